The van der Waals surface area contributed by atoms with E-state index in [1.807, 2.05) is 6.92 Å². The highest BCUT2D eigenvalue weighted by molar-refractivity contribution is 5.91. The van der Waals surface area contributed by atoms with E-state index in [-0.39, 0.29) is 0 Å². The number of benzene rings is 1. The van der Waals surface area contributed by atoms with Crippen molar-refractivity contribution in [3.63, 3.8) is 0 Å². The molecule has 3 atom stereocenters. The Morgan fingerprint density at radius 3 is 2.23 bits per heavy atom. The second-order valence-corrected chi connectivity index (χ2v) is 8.02. The van der Waals surface area contributed by atoms with Crippen LogP contribution in [0.3, 0.4) is 0 Å². The molecule has 1 aromatic rings. The maximum absolute atomic E-state index is 12.3. The quantitative estimate of drug-likeness (QED) is 0.359. The number of carbonyl (C=O) groups is 4. The van der Waals surface area contributed by atoms with E-state index in [1.54, 1.807) is 51.1 Å². The average molecular weight is 437 g/mol. The van der Waals surface area contributed by atoms with Crippen molar-refractivity contribution in [1.82, 2.24) is 16.0 Å². The van der Waals surface area contributed by atoms with Gasteiger partial charge < -0.3 is 31.5 Å². The van der Waals surface area contributed by atoms with Crippen LogP contribution in [0.1, 0.15) is 52.1 Å². The van der Waals surface area contributed by atoms with Gasteiger partial charge in [0, 0.05) is 0 Å². The Hall–Kier alpha value is -3.14. The predicted octanol–water partition coefficient (Wildman–Crippen LogP) is 0.500. The summed E-state index contributed by atoms with van der Waals surface area (Å²) in [6, 6.07) is 6.46. The first-order valence-corrected chi connectivity index (χ1v) is 10.0. The van der Waals surface area contributed by atoms with Crippen LogP contribution in [-0.2, 0) is 19.1 Å². The fourth-order valence-corrected chi connectivity index (χ4v) is 2.71. The topological polar surface area (TPSA) is 160 Å². The van der Waals surface area contributed by atoms with Crippen LogP contribution in [0.5, 0.6) is 0 Å². The molecular weight excluding hydrogens is 404 g/mol. The third kappa shape index (κ3) is 9.47. The number of amides is 4. The summed E-state index contributed by atoms with van der Waals surface area (Å²) in [5.74, 6) is -2.27. The minimum absolute atomic E-state index is 0.317. The van der Waals surface area contributed by atoms with E-state index in [0.29, 0.717) is 18.4 Å². The monoisotopic (exact) mass is 436 g/mol. The number of alkyl carbamates (subject to hydrolysis) is 1. The van der Waals surface area contributed by atoms with E-state index in [1.165, 1.54) is 0 Å². The van der Waals surface area contributed by atoms with Crippen molar-refractivity contribution in [1.29, 1.82) is 0 Å². The van der Waals surface area contributed by atoms with E-state index in [2.05, 4.69) is 16.0 Å². The van der Waals surface area contributed by atoms with Gasteiger partial charge in [-0.25, -0.2) is 4.79 Å². The summed E-state index contributed by atoms with van der Waals surface area (Å²) in [4.78, 5) is 48.1. The molecule has 0 bridgehead atoms. The normalized spacial score (nSPS) is 14.0. The van der Waals surface area contributed by atoms with Crippen molar-refractivity contribution >= 4 is 23.8 Å². The van der Waals surface area contributed by atoms with E-state index < -0.39 is 54.1 Å². The maximum atomic E-state index is 12.3. The zero-order valence-electron chi connectivity index (χ0n) is 18.3. The Morgan fingerprint density at radius 1 is 1.10 bits per heavy atom. The Kier molecular flexibility index (Phi) is 9.94. The number of nitrogens with two attached hydrogens (primary N) is 1. The smallest absolute Gasteiger partial charge is 0.407 e. The van der Waals surface area contributed by atoms with Gasteiger partial charge >= 0.3 is 6.09 Å². The Balaban J connectivity index is 2.65. The fraction of sp³-hybridized carbons (Fsp3) is 0.524. The SMILES string of the molecule is CCCC(NC(=O)OC(C)(C)C)C(O)C(=O)NCC(=O)N[C@H](C(N)=O)c1ccccc1. The lowest BCUT2D eigenvalue weighted by Gasteiger charge is -2.26. The van der Waals surface area contributed by atoms with Gasteiger partial charge in [-0.15, -0.1) is 0 Å². The van der Waals surface area contributed by atoms with E-state index in [4.69, 9.17) is 10.5 Å². The van der Waals surface area contributed by atoms with Crippen molar-refractivity contribution in [2.24, 2.45) is 5.73 Å². The molecule has 0 aliphatic rings. The highest BCUT2D eigenvalue weighted by Gasteiger charge is 2.29. The van der Waals surface area contributed by atoms with Crippen LogP contribution in [0.4, 0.5) is 4.79 Å². The molecule has 0 spiro atoms. The third-order valence-electron chi connectivity index (χ3n) is 4.10. The number of primary amides is 1. The van der Waals surface area contributed by atoms with Crippen LogP contribution < -0.4 is 21.7 Å². The lowest BCUT2D eigenvalue weighted by Crippen LogP contribution is -2.53. The van der Waals surface area contributed by atoms with Crippen LogP contribution in [0, 0.1) is 0 Å². The molecule has 6 N–H and O–H groups in total. The minimum Gasteiger partial charge on any atom is -0.444 e. The molecule has 31 heavy (non-hydrogen) atoms. The largest absolute Gasteiger partial charge is 0.444 e. The molecule has 1 rings (SSSR count). The minimum atomic E-state index is -1.60. The second kappa shape index (κ2) is 11.9. The Morgan fingerprint density at radius 2 is 1.71 bits per heavy atom. The van der Waals surface area contributed by atoms with E-state index >= 15 is 0 Å². The number of hydrogen-bond donors (Lipinski definition) is 5. The number of aliphatic hydroxyl groups excluding tert-OH is 1. The molecular formula is C21H32N4O6. The summed E-state index contributed by atoms with van der Waals surface area (Å²) < 4.78 is 5.15. The van der Waals surface area contributed by atoms with Gasteiger partial charge in [0.15, 0.2) is 6.10 Å². The van der Waals surface area contributed by atoms with Gasteiger partial charge in [-0.1, -0.05) is 43.7 Å². The Bertz CT molecular complexity index is 763. The number of nitrogens with one attached hydrogen (secondary N) is 3. The molecule has 2 unspecified atom stereocenters. The summed E-state index contributed by atoms with van der Waals surface area (Å²) in [5, 5.41) is 17.5. The van der Waals surface area contributed by atoms with Gasteiger partial charge in [0.05, 0.1) is 12.6 Å². The van der Waals surface area contributed by atoms with Gasteiger partial charge in [-0.2, -0.15) is 0 Å². The molecule has 0 aliphatic carbocycles. The average Bonchev–Trinajstić information content (AvgIpc) is 2.68. The number of rotatable bonds is 10. The van der Waals surface area contributed by atoms with Crippen LogP contribution >= 0.6 is 0 Å². The summed E-state index contributed by atoms with van der Waals surface area (Å²) in [6.45, 7) is 6.42. The lowest BCUT2D eigenvalue weighted by molar-refractivity contribution is -0.133. The number of ether oxygens (including phenoxy) is 1. The molecule has 172 valence electrons. The number of aliphatic hydroxyl groups is 1. The number of hydrogen-bond acceptors (Lipinski definition) is 6. The second-order valence-electron chi connectivity index (χ2n) is 8.02. The van der Waals surface area contributed by atoms with Gasteiger partial charge in [0.2, 0.25) is 11.8 Å². The van der Waals surface area contributed by atoms with Gasteiger partial charge in [0.1, 0.15) is 11.6 Å². The van der Waals surface area contributed by atoms with Crippen molar-refractivity contribution in [3.8, 4) is 0 Å². The highest BCUT2D eigenvalue weighted by Crippen LogP contribution is 2.12. The van der Waals surface area contributed by atoms with Crippen LogP contribution in [-0.4, -0.2) is 53.2 Å². The van der Waals surface area contributed by atoms with Crippen molar-refractivity contribution in [2.75, 3.05) is 6.54 Å². The molecule has 1 aromatic carbocycles. The molecule has 0 aliphatic heterocycles. The molecule has 0 aromatic heterocycles. The molecule has 0 fully saturated rings. The van der Waals surface area contributed by atoms with Crippen molar-refractivity contribution < 1.29 is 29.0 Å². The zero-order valence-corrected chi connectivity index (χ0v) is 18.3. The standard InChI is InChI=1S/C21H32N4O6/c1-5-9-14(24-20(30)31-21(2,3)4)17(27)19(29)23-12-15(26)25-16(18(22)28)13-10-7-6-8-11-13/h6-8,10-11,14,16-17,27H,5,9,12H2,1-4H3,(H2,22,28)(H,23,29)(H,24,30)(H,25,26)/t14?,16-,17?/m0/s1. The van der Waals surface area contributed by atoms with Crippen LogP contribution in [0.2, 0.25) is 0 Å². The summed E-state index contributed by atoms with van der Waals surface area (Å²) >= 11 is 0. The summed E-state index contributed by atoms with van der Waals surface area (Å²) in [7, 11) is 0. The van der Waals surface area contributed by atoms with Gasteiger partial charge in [-0.05, 0) is 32.8 Å². The van der Waals surface area contributed by atoms with E-state index in [9.17, 15) is 24.3 Å². The molecule has 4 amide bonds. The Labute approximate surface area is 181 Å². The summed E-state index contributed by atoms with van der Waals surface area (Å²) in [6.07, 6.45) is -1.45. The highest BCUT2D eigenvalue weighted by atomic mass is 16.6. The first kappa shape index (κ1) is 25.9. The number of carbonyl (C=O) groups excluding carboxylic acids is 4. The zero-order chi connectivity index (χ0) is 23.6. The molecule has 0 heterocycles. The molecule has 0 saturated carbocycles. The molecule has 0 saturated heterocycles. The lowest BCUT2D eigenvalue weighted by atomic mass is 10.1. The van der Waals surface area contributed by atoms with Crippen molar-refractivity contribution in [2.45, 2.75) is 64.3 Å². The van der Waals surface area contributed by atoms with Crippen molar-refractivity contribution in [3.05, 3.63) is 35.9 Å². The predicted molar refractivity (Wildman–Crippen MR) is 114 cm³/mol. The third-order valence-corrected chi connectivity index (χ3v) is 4.10. The van der Waals surface area contributed by atoms with Crippen LogP contribution in [0.25, 0.3) is 0 Å². The van der Waals surface area contributed by atoms with E-state index in [0.717, 1.165) is 0 Å². The van der Waals surface area contributed by atoms with Gasteiger partial charge in [-0.3, -0.25) is 14.4 Å². The molecule has 10 nitrogen and oxygen atoms in total. The first-order valence-electron chi connectivity index (χ1n) is 10.0. The van der Waals surface area contributed by atoms with Gasteiger partial charge in [0.25, 0.3) is 5.91 Å². The van der Waals surface area contributed by atoms with Crippen LogP contribution in [0.15, 0.2) is 30.3 Å². The summed E-state index contributed by atoms with van der Waals surface area (Å²) in [5.41, 5.74) is 5.12. The maximum Gasteiger partial charge on any atom is 0.407 e. The first-order chi connectivity index (χ1) is 14.4. The molecule has 0 radical (unpaired) electrons. The molecule has 10 heteroatoms. The fourth-order valence-electron chi connectivity index (χ4n) is 2.71.